The van der Waals surface area contributed by atoms with Gasteiger partial charge in [-0.2, -0.15) is 0 Å². The van der Waals surface area contributed by atoms with E-state index in [0.29, 0.717) is 12.8 Å². The summed E-state index contributed by atoms with van der Waals surface area (Å²) in [5.41, 5.74) is -0.230. The van der Waals surface area contributed by atoms with Crippen molar-refractivity contribution in [2.24, 2.45) is 5.41 Å². The summed E-state index contributed by atoms with van der Waals surface area (Å²) >= 11 is 0. The number of likely N-dealkylation sites (tertiary alicyclic amines) is 1. The molecule has 1 aliphatic rings. The van der Waals surface area contributed by atoms with Gasteiger partial charge < -0.3 is 4.79 Å². The van der Waals surface area contributed by atoms with Gasteiger partial charge in [-0.1, -0.05) is 13.8 Å². The zero-order valence-electron chi connectivity index (χ0n) is 8.58. The summed E-state index contributed by atoms with van der Waals surface area (Å²) in [6.45, 7) is 4.04. The Morgan fingerprint density at radius 1 is 1.29 bits per heavy atom. The van der Waals surface area contributed by atoms with Crippen molar-refractivity contribution in [1.29, 1.82) is 0 Å². The normalized spacial score (nSPS) is 21.1. The SMILES string of the molecule is CC1(C)CC(=O)N(CCC=O)C(=O)C1. The lowest BCUT2D eigenvalue weighted by molar-refractivity contribution is -0.152. The minimum absolute atomic E-state index is 0.159. The molecule has 0 bridgehead atoms. The average Bonchev–Trinajstić information content (AvgIpc) is 2.00. The van der Waals surface area contributed by atoms with Crippen LogP contribution in [0.5, 0.6) is 0 Å². The van der Waals surface area contributed by atoms with E-state index in [9.17, 15) is 14.4 Å². The van der Waals surface area contributed by atoms with E-state index in [1.807, 2.05) is 13.8 Å². The monoisotopic (exact) mass is 197 g/mol. The molecule has 1 fully saturated rings. The number of amides is 2. The summed E-state index contributed by atoms with van der Waals surface area (Å²) in [5, 5.41) is 0. The van der Waals surface area contributed by atoms with E-state index in [0.717, 1.165) is 6.29 Å². The van der Waals surface area contributed by atoms with Crippen molar-refractivity contribution in [3.63, 3.8) is 0 Å². The summed E-state index contributed by atoms with van der Waals surface area (Å²) < 4.78 is 0. The molecule has 0 saturated carbocycles. The van der Waals surface area contributed by atoms with Gasteiger partial charge in [-0.05, 0) is 5.41 Å². The Labute approximate surface area is 83.3 Å². The fourth-order valence-electron chi connectivity index (χ4n) is 1.64. The highest BCUT2D eigenvalue weighted by atomic mass is 16.2. The molecule has 1 saturated heterocycles. The summed E-state index contributed by atoms with van der Waals surface area (Å²) in [4.78, 5) is 34.4. The largest absolute Gasteiger partial charge is 0.303 e. The minimum Gasteiger partial charge on any atom is -0.303 e. The maximum Gasteiger partial charge on any atom is 0.229 e. The van der Waals surface area contributed by atoms with Crippen molar-refractivity contribution >= 4 is 18.1 Å². The first kappa shape index (κ1) is 10.9. The molecule has 0 atom stereocenters. The Bertz CT molecular complexity index is 251. The van der Waals surface area contributed by atoms with Crippen molar-refractivity contribution in [3.05, 3.63) is 0 Å². The third kappa shape index (κ3) is 2.40. The number of hydrogen-bond acceptors (Lipinski definition) is 3. The van der Waals surface area contributed by atoms with E-state index in [1.54, 1.807) is 0 Å². The van der Waals surface area contributed by atoms with Gasteiger partial charge in [-0.3, -0.25) is 14.5 Å². The maximum absolute atomic E-state index is 11.5. The second-order valence-electron chi connectivity index (χ2n) is 4.41. The smallest absolute Gasteiger partial charge is 0.229 e. The van der Waals surface area contributed by atoms with Gasteiger partial charge in [-0.15, -0.1) is 0 Å². The molecular formula is C10H15NO3. The molecular weight excluding hydrogens is 182 g/mol. The summed E-state index contributed by atoms with van der Waals surface area (Å²) in [5.74, 6) is -0.318. The van der Waals surface area contributed by atoms with Gasteiger partial charge in [0.15, 0.2) is 0 Å². The molecule has 1 heterocycles. The second-order valence-corrected chi connectivity index (χ2v) is 4.41. The number of carbonyl (C=O) groups is 3. The quantitative estimate of drug-likeness (QED) is 0.495. The average molecular weight is 197 g/mol. The van der Waals surface area contributed by atoms with Crippen LogP contribution in [0.2, 0.25) is 0 Å². The lowest BCUT2D eigenvalue weighted by Gasteiger charge is -2.34. The van der Waals surface area contributed by atoms with Crippen LogP contribution in [0.15, 0.2) is 0 Å². The predicted octanol–water partition coefficient (Wildman–Crippen LogP) is 0.751. The Balaban J connectivity index is 2.66. The molecule has 0 aliphatic carbocycles. The fourth-order valence-corrected chi connectivity index (χ4v) is 1.64. The van der Waals surface area contributed by atoms with Crippen molar-refractivity contribution in [3.8, 4) is 0 Å². The number of imide groups is 1. The van der Waals surface area contributed by atoms with Crippen molar-refractivity contribution in [1.82, 2.24) is 4.90 Å². The Hall–Kier alpha value is -1.19. The highest BCUT2D eigenvalue weighted by Crippen LogP contribution is 2.31. The molecule has 4 heteroatoms. The van der Waals surface area contributed by atoms with Gasteiger partial charge in [0.1, 0.15) is 6.29 Å². The number of piperidine rings is 1. The van der Waals surface area contributed by atoms with Crippen LogP contribution < -0.4 is 0 Å². The Kier molecular flexibility index (Phi) is 3.03. The van der Waals surface area contributed by atoms with Gasteiger partial charge in [0, 0.05) is 25.8 Å². The number of nitrogens with zero attached hydrogens (tertiary/aromatic N) is 1. The zero-order valence-corrected chi connectivity index (χ0v) is 8.58. The predicted molar refractivity (Wildman–Crippen MR) is 50.4 cm³/mol. The van der Waals surface area contributed by atoms with Crippen molar-refractivity contribution < 1.29 is 14.4 Å². The van der Waals surface area contributed by atoms with Crippen LogP contribution in [0.25, 0.3) is 0 Å². The van der Waals surface area contributed by atoms with E-state index in [1.165, 1.54) is 4.90 Å². The molecule has 0 radical (unpaired) electrons. The van der Waals surface area contributed by atoms with Crippen LogP contribution in [0, 0.1) is 5.41 Å². The van der Waals surface area contributed by atoms with Crippen LogP contribution in [0.4, 0.5) is 0 Å². The van der Waals surface area contributed by atoms with Gasteiger partial charge in [0.05, 0.1) is 0 Å². The van der Waals surface area contributed by atoms with Crippen LogP contribution in [-0.4, -0.2) is 29.5 Å². The van der Waals surface area contributed by atoms with Gasteiger partial charge in [-0.25, -0.2) is 0 Å². The number of rotatable bonds is 3. The first-order valence-corrected chi connectivity index (χ1v) is 4.73. The Morgan fingerprint density at radius 2 is 1.79 bits per heavy atom. The zero-order chi connectivity index (χ0) is 10.8. The lowest BCUT2D eigenvalue weighted by Crippen LogP contribution is -2.46. The lowest BCUT2D eigenvalue weighted by atomic mass is 9.82. The molecule has 0 spiro atoms. The molecule has 0 aromatic carbocycles. The third-order valence-electron chi connectivity index (χ3n) is 2.33. The second kappa shape index (κ2) is 3.90. The molecule has 0 unspecified atom stereocenters. The topological polar surface area (TPSA) is 54.5 Å². The molecule has 4 nitrogen and oxygen atoms in total. The molecule has 2 amide bonds. The van der Waals surface area contributed by atoms with E-state index in [2.05, 4.69) is 0 Å². The fraction of sp³-hybridized carbons (Fsp3) is 0.700. The molecule has 1 aliphatic heterocycles. The number of carbonyl (C=O) groups excluding carboxylic acids is 3. The number of aldehydes is 1. The van der Waals surface area contributed by atoms with E-state index in [-0.39, 0.29) is 30.2 Å². The Morgan fingerprint density at radius 3 is 2.21 bits per heavy atom. The number of hydrogen-bond donors (Lipinski definition) is 0. The first-order valence-electron chi connectivity index (χ1n) is 4.73. The van der Waals surface area contributed by atoms with Gasteiger partial charge in [0.25, 0.3) is 0 Å². The summed E-state index contributed by atoms with van der Waals surface area (Å²) in [6, 6.07) is 0. The highest BCUT2D eigenvalue weighted by Gasteiger charge is 2.36. The minimum atomic E-state index is -0.230. The standard InChI is InChI=1S/C10H15NO3/c1-10(2)6-8(13)11(4-3-5-12)9(14)7-10/h5H,3-4,6-7H2,1-2H3. The van der Waals surface area contributed by atoms with Gasteiger partial charge in [0.2, 0.25) is 11.8 Å². The van der Waals surface area contributed by atoms with Gasteiger partial charge >= 0.3 is 0 Å². The highest BCUT2D eigenvalue weighted by molar-refractivity contribution is 5.98. The van der Waals surface area contributed by atoms with Crippen molar-refractivity contribution in [2.75, 3.05) is 6.54 Å². The van der Waals surface area contributed by atoms with Crippen LogP contribution in [-0.2, 0) is 14.4 Å². The maximum atomic E-state index is 11.5. The van der Waals surface area contributed by atoms with Crippen molar-refractivity contribution in [2.45, 2.75) is 33.1 Å². The van der Waals surface area contributed by atoms with Crippen LogP contribution >= 0.6 is 0 Å². The molecule has 78 valence electrons. The third-order valence-corrected chi connectivity index (χ3v) is 2.33. The van der Waals surface area contributed by atoms with E-state index < -0.39 is 0 Å². The molecule has 0 N–H and O–H groups in total. The van der Waals surface area contributed by atoms with E-state index in [4.69, 9.17) is 0 Å². The molecule has 14 heavy (non-hydrogen) atoms. The molecule has 0 aromatic rings. The van der Waals surface area contributed by atoms with E-state index >= 15 is 0 Å². The first-order chi connectivity index (χ1) is 6.46. The molecule has 0 aromatic heterocycles. The summed E-state index contributed by atoms with van der Waals surface area (Å²) in [6.07, 6.45) is 1.73. The van der Waals surface area contributed by atoms with Crippen LogP contribution in [0.1, 0.15) is 33.1 Å². The van der Waals surface area contributed by atoms with Crippen LogP contribution in [0.3, 0.4) is 0 Å². The summed E-state index contributed by atoms with van der Waals surface area (Å²) in [7, 11) is 0. The molecule has 1 rings (SSSR count).